The number of para-hydroxylation sites is 1. The second-order valence-corrected chi connectivity index (χ2v) is 15.5. The number of aliphatic imine (C=N–C) groups is 2. The molecule has 0 saturated carbocycles. The van der Waals surface area contributed by atoms with Crippen LogP contribution >= 0.6 is 0 Å². The van der Waals surface area contributed by atoms with E-state index in [9.17, 15) is 0 Å². The summed E-state index contributed by atoms with van der Waals surface area (Å²) in [5.74, 6) is 2.24. The lowest BCUT2D eigenvalue weighted by molar-refractivity contribution is 0.383. The fourth-order valence-electron chi connectivity index (χ4n) is 8.48. The van der Waals surface area contributed by atoms with Gasteiger partial charge in [-0.1, -0.05) is 182 Å². The summed E-state index contributed by atoms with van der Waals surface area (Å²) in [5.41, 5.74) is 13.7. The highest BCUT2D eigenvalue weighted by Crippen LogP contribution is 2.43. The molecule has 6 nitrogen and oxygen atoms in total. The van der Waals surface area contributed by atoms with E-state index in [-0.39, 0.29) is 6.17 Å². The molecule has 62 heavy (non-hydrogen) atoms. The molecule has 2 aromatic heterocycles. The van der Waals surface area contributed by atoms with E-state index in [0.717, 1.165) is 94.8 Å². The molecule has 3 heterocycles. The van der Waals surface area contributed by atoms with Gasteiger partial charge in [0.15, 0.2) is 17.8 Å². The fourth-order valence-corrected chi connectivity index (χ4v) is 8.48. The molecule has 11 rings (SSSR count). The van der Waals surface area contributed by atoms with Crippen LogP contribution in [0.25, 0.3) is 78.1 Å². The van der Waals surface area contributed by atoms with Crippen LogP contribution in [-0.2, 0) is 0 Å². The maximum atomic E-state index is 6.81. The van der Waals surface area contributed by atoms with Crippen LogP contribution in [0.3, 0.4) is 0 Å². The molecule has 1 unspecified atom stereocenters. The zero-order valence-electron chi connectivity index (χ0n) is 33.9. The first-order valence-electron chi connectivity index (χ1n) is 20.8. The Morgan fingerprint density at radius 2 is 0.984 bits per heavy atom. The highest BCUT2D eigenvalue weighted by molar-refractivity contribution is 6.16. The topological polar surface area (TPSA) is 66.9 Å². The van der Waals surface area contributed by atoms with Crippen molar-refractivity contribution in [3.8, 4) is 56.2 Å². The Morgan fingerprint density at radius 3 is 1.66 bits per heavy atom. The van der Waals surface area contributed by atoms with Crippen LogP contribution in [-0.4, -0.2) is 33.6 Å². The molecule has 0 fully saturated rings. The molecule has 0 spiro atoms. The van der Waals surface area contributed by atoms with Gasteiger partial charge in [0.05, 0.1) is 11.4 Å². The van der Waals surface area contributed by atoms with Gasteiger partial charge in [-0.05, 0) is 52.6 Å². The van der Waals surface area contributed by atoms with Crippen molar-refractivity contribution in [2.75, 3.05) is 7.05 Å². The molecule has 0 N–H and O–H groups in total. The molecule has 6 heteroatoms. The zero-order valence-corrected chi connectivity index (χ0v) is 33.9. The lowest BCUT2D eigenvalue weighted by Gasteiger charge is -2.32. The van der Waals surface area contributed by atoms with Crippen LogP contribution in [0.5, 0.6) is 0 Å². The number of rotatable bonds is 8. The standard InChI is InChI=1S/C56H39N5O/c1-61-55(40-24-12-5-13-25-40)59-53(39-22-10-4-11-23-39)60-56(61)44-29-17-26-41(35-44)45-32-33-46(52-51(45)47-30-14-15-31-50(47)62-52)42-27-16-28-43(34-42)54-57-48(37-18-6-2-7-19-37)36-49(58-54)38-20-8-3-9-21-38/h2-36,56H,1H3. The Hall–Kier alpha value is -8.22. The summed E-state index contributed by atoms with van der Waals surface area (Å²) >= 11 is 0. The first-order chi connectivity index (χ1) is 30.6. The van der Waals surface area contributed by atoms with Gasteiger partial charge in [-0.2, -0.15) is 0 Å². The molecule has 0 bridgehead atoms. The Labute approximate surface area is 359 Å². The van der Waals surface area contributed by atoms with Crippen LogP contribution in [0.4, 0.5) is 0 Å². The van der Waals surface area contributed by atoms with Gasteiger partial charge in [-0.3, -0.25) is 0 Å². The Kier molecular flexibility index (Phi) is 9.36. The molecule has 10 aromatic rings. The fraction of sp³-hybridized carbons (Fsp3) is 0.0357. The molecule has 0 aliphatic carbocycles. The van der Waals surface area contributed by atoms with Crippen LogP contribution in [0.2, 0.25) is 0 Å². The molecule has 1 atom stereocenters. The van der Waals surface area contributed by atoms with E-state index in [4.69, 9.17) is 24.4 Å². The lowest BCUT2D eigenvalue weighted by Crippen LogP contribution is -2.35. The van der Waals surface area contributed by atoms with E-state index in [1.807, 2.05) is 72.8 Å². The highest BCUT2D eigenvalue weighted by atomic mass is 16.3. The monoisotopic (exact) mass is 797 g/mol. The van der Waals surface area contributed by atoms with E-state index >= 15 is 0 Å². The van der Waals surface area contributed by atoms with Gasteiger partial charge in [-0.25, -0.2) is 20.0 Å². The average molecular weight is 798 g/mol. The highest BCUT2D eigenvalue weighted by Gasteiger charge is 2.27. The Bertz CT molecular complexity index is 3250. The van der Waals surface area contributed by atoms with Crippen molar-refractivity contribution < 1.29 is 4.42 Å². The Balaban J connectivity index is 1.02. The average Bonchev–Trinajstić information content (AvgIpc) is 3.75. The summed E-state index contributed by atoms with van der Waals surface area (Å²) in [7, 11) is 2.07. The van der Waals surface area contributed by atoms with E-state index < -0.39 is 0 Å². The SMILES string of the molecule is CN1C(c2ccccc2)=NC(c2ccccc2)=NC1c1cccc(-c2ccc(-c3cccc(-c4nc(-c5ccccc5)cc(-c5ccccc5)n4)c3)c3oc4ccccc4c23)c1. The van der Waals surface area contributed by atoms with Crippen LogP contribution in [0.15, 0.2) is 227 Å². The van der Waals surface area contributed by atoms with E-state index in [1.165, 1.54) is 0 Å². The largest absolute Gasteiger partial charge is 0.455 e. The third kappa shape index (κ3) is 6.83. The normalized spacial score (nSPS) is 13.9. The van der Waals surface area contributed by atoms with Crippen molar-refractivity contribution in [2.45, 2.75) is 6.17 Å². The minimum atomic E-state index is -0.304. The van der Waals surface area contributed by atoms with Gasteiger partial charge in [-0.15, -0.1) is 0 Å². The minimum Gasteiger partial charge on any atom is -0.455 e. The molecule has 0 amide bonds. The van der Waals surface area contributed by atoms with E-state index in [1.54, 1.807) is 0 Å². The van der Waals surface area contributed by atoms with Gasteiger partial charge in [0.25, 0.3) is 0 Å². The van der Waals surface area contributed by atoms with Crippen LogP contribution in [0, 0.1) is 0 Å². The maximum Gasteiger partial charge on any atom is 0.160 e. The number of aromatic nitrogens is 2. The molecular weight excluding hydrogens is 759 g/mol. The maximum absolute atomic E-state index is 6.81. The third-order valence-electron chi connectivity index (χ3n) is 11.5. The van der Waals surface area contributed by atoms with Crippen molar-refractivity contribution in [3.05, 3.63) is 229 Å². The van der Waals surface area contributed by atoms with E-state index in [2.05, 4.69) is 151 Å². The number of benzene rings is 8. The second-order valence-electron chi connectivity index (χ2n) is 15.5. The van der Waals surface area contributed by atoms with Crippen molar-refractivity contribution in [1.82, 2.24) is 14.9 Å². The van der Waals surface area contributed by atoms with E-state index in [0.29, 0.717) is 11.7 Å². The van der Waals surface area contributed by atoms with Crippen LogP contribution < -0.4 is 0 Å². The van der Waals surface area contributed by atoms with Gasteiger partial charge in [0.2, 0.25) is 0 Å². The summed E-state index contributed by atoms with van der Waals surface area (Å²) in [6.45, 7) is 0. The molecule has 1 aliphatic rings. The predicted octanol–water partition coefficient (Wildman–Crippen LogP) is 13.5. The first-order valence-corrected chi connectivity index (χ1v) is 20.8. The van der Waals surface area contributed by atoms with Gasteiger partial charge in [0.1, 0.15) is 17.0 Å². The molecule has 0 saturated heterocycles. The first kappa shape index (κ1) is 36.8. The summed E-state index contributed by atoms with van der Waals surface area (Å²) < 4.78 is 6.81. The number of furan rings is 1. The minimum absolute atomic E-state index is 0.304. The Morgan fingerprint density at radius 1 is 0.452 bits per heavy atom. The lowest BCUT2D eigenvalue weighted by atomic mass is 9.93. The summed E-state index contributed by atoms with van der Waals surface area (Å²) in [6.07, 6.45) is -0.304. The van der Waals surface area contributed by atoms with Crippen molar-refractivity contribution in [3.63, 3.8) is 0 Å². The van der Waals surface area contributed by atoms with Gasteiger partial charge in [0, 0.05) is 51.2 Å². The quantitative estimate of drug-likeness (QED) is 0.154. The molecule has 0 radical (unpaired) electrons. The van der Waals surface area contributed by atoms with Crippen molar-refractivity contribution in [1.29, 1.82) is 0 Å². The molecule has 8 aromatic carbocycles. The zero-order chi connectivity index (χ0) is 41.4. The summed E-state index contributed by atoms with van der Waals surface area (Å²) in [5, 5.41) is 2.12. The molecule has 294 valence electrons. The van der Waals surface area contributed by atoms with Crippen LogP contribution in [0.1, 0.15) is 22.9 Å². The number of amidine groups is 2. The number of fused-ring (bicyclic) bond motifs is 3. The smallest absolute Gasteiger partial charge is 0.160 e. The van der Waals surface area contributed by atoms with Crippen molar-refractivity contribution in [2.24, 2.45) is 9.98 Å². The molecular formula is C56H39N5O. The number of hydrogen-bond acceptors (Lipinski definition) is 6. The van der Waals surface area contributed by atoms with Crippen molar-refractivity contribution >= 4 is 33.6 Å². The number of nitrogens with zero attached hydrogens (tertiary/aromatic N) is 5. The summed E-state index contributed by atoms with van der Waals surface area (Å²) in [4.78, 5) is 22.8. The van der Waals surface area contributed by atoms with Gasteiger partial charge >= 0.3 is 0 Å². The summed E-state index contributed by atoms with van der Waals surface area (Å²) in [6, 6.07) is 73.1. The number of hydrogen-bond donors (Lipinski definition) is 0. The third-order valence-corrected chi connectivity index (χ3v) is 11.5. The van der Waals surface area contributed by atoms with Gasteiger partial charge < -0.3 is 9.32 Å². The predicted molar refractivity (Wildman–Crippen MR) is 253 cm³/mol. The molecule has 1 aliphatic heterocycles. The second kappa shape index (κ2) is 15.8.